The van der Waals surface area contributed by atoms with Crippen molar-refractivity contribution in [3.63, 3.8) is 0 Å². The van der Waals surface area contributed by atoms with Crippen molar-refractivity contribution < 1.29 is 9.47 Å². The fourth-order valence-corrected chi connectivity index (χ4v) is 4.01. The number of benzene rings is 1. The normalized spacial score (nSPS) is 19.1. The van der Waals surface area contributed by atoms with Crippen molar-refractivity contribution in [1.29, 1.82) is 0 Å². The van der Waals surface area contributed by atoms with Gasteiger partial charge >= 0.3 is 0 Å². The van der Waals surface area contributed by atoms with Crippen LogP contribution in [0.5, 0.6) is 11.5 Å². The van der Waals surface area contributed by atoms with Gasteiger partial charge in [-0.15, -0.1) is 35.0 Å². The number of aromatic nitrogens is 2. The van der Waals surface area contributed by atoms with Gasteiger partial charge in [0.1, 0.15) is 0 Å². The second-order valence-electron chi connectivity index (χ2n) is 6.98. The molecule has 2 aliphatic heterocycles. The van der Waals surface area contributed by atoms with Crippen LogP contribution in [0.15, 0.2) is 30.3 Å². The van der Waals surface area contributed by atoms with Crippen LogP contribution in [-0.4, -0.2) is 61.5 Å². The fourth-order valence-electron chi connectivity index (χ4n) is 4.01. The zero-order valence-electron chi connectivity index (χ0n) is 16.3. The summed E-state index contributed by atoms with van der Waals surface area (Å²) in [4.78, 5) is 5.00. The first-order valence-electron chi connectivity index (χ1n) is 9.33. The minimum atomic E-state index is 0. The molecule has 1 atom stereocenters. The lowest BCUT2D eigenvalue weighted by Gasteiger charge is -2.44. The zero-order valence-corrected chi connectivity index (χ0v) is 18.0. The van der Waals surface area contributed by atoms with Crippen molar-refractivity contribution in [3.8, 4) is 22.8 Å². The van der Waals surface area contributed by atoms with Gasteiger partial charge in [0.2, 0.25) is 0 Å². The molecule has 1 aromatic heterocycles. The Hall–Kier alpha value is -1.76. The van der Waals surface area contributed by atoms with E-state index in [9.17, 15) is 0 Å². The number of halogens is 2. The van der Waals surface area contributed by atoms with Gasteiger partial charge in [0, 0.05) is 31.2 Å². The molecule has 2 aromatic rings. The summed E-state index contributed by atoms with van der Waals surface area (Å²) in [5, 5.41) is 8.96. The number of ether oxygens (including phenoxy) is 2. The van der Waals surface area contributed by atoms with Gasteiger partial charge in [-0.05, 0) is 49.7 Å². The molecule has 0 spiro atoms. The molecule has 28 heavy (non-hydrogen) atoms. The SMILES string of the molecule is COc1ccc(-c2ccc(N3CCN4CCCC[C@@H]4C3)nn2)cc1OC.Cl.Cl. The Bertz CT molecular complexity index is 760. The number of nitrogens with zero attached hydrogens (tertiary/aromatic N) is 4. The van der Waals surface area contributed by atoms with E-state index in [1.807, 2.05) is 24.3 Å². The van der Waals surface area contributed by atoms with Gasteiger partial charge in [-0.25, -0.2) is 0 Å². The number of rotatable bonds is 4. The van der Waals surface area contributed by atoms with Crippen molar-refractivity contribution >= 4 is 30.6 Å². The molecule has 6 nitrogen and oxygen atoms in total. The van der Waals surface area contributed by atoms with E-state index in [1.54, 1.807) is 14.2 Å². The third-order valence-electron chi connectivity index (χ3n) is 5.49. The Morgan fingerprint density at radius 3 is 2.43 bits per heavy atom. The lowest BCUT2D eigenvalue weighted by Crippen LogP contribution is -2.55. The third kappa shape index (κ3) is 4.62. The molecule has 8 heteroatoms. The molecule has 0 N–H and O–H groups in total. The Kier molecular flexibility index (Phi) is 8.16. The molecular weight excluding hydrogens is 399 g/mol. The predicted molar refractivity (Wildman–Crippen MR) is 116 cm³/mol. The average molecular weight is 427 g/mol. The molecule has 4 rings (SSSR count). The minimum Gasteiger partial charge on any atom is -0.493 e. The average Bonchev–Trinajstić information content (AvgIpc) is 2.73. The molecule has 2 fully saturated rings. The Morgan fingerprint density at radius 1 is 0.893 bits per heavy atom. The van der Waals surface area contributed by atoms with Crippen molar-refractivity contribution in [2.24, 2.45) is 0 Å². The maximum Gasteiger partial charge on any atom is 0.161 e. The molecule has 2 saturated heterocycles. The summed E-state index contributed by atoms with van der Waals surface area (Å²) in [6.07, 6.45) is 3.99. The number of methoxy groups -OCH3 is 2. The quantitative estimate of drug-likeness (QED) is 0.742. The number of fused-ring (bicyclic) bond motifs is 1. The number of hydrogen-bond donors (Lipinski definition) is 0. The second-order valence-corrected chi connectivity index (χ2v) is 6.98. The highest BCUT2D eigenvalue weighted by atomic mass is 35.5. The van der Waals surface area contributed by atoms with Crippen LogP contribution < -0.4 is 14.4 Å². The van der Waals surface area contributed by atoms with Crippen molar-refractivity contribution in [2.45, 2.75) is 25.3 Å². The first-order valence-corrected chi connectivity index (χ1v) is 9.33. The lowest BCUT2D eigenvalue weighted by molar-refractivity contribution is 0.133. The monoisotopic (exact) mass is 426 g/mol. The van der Waals surface area contributed by atoms with E-state index < -0.39 is 0 Å². The van der Waals surface area contributed by atoms with Crippen LogP contribution in [0.4, 0.5) is 5.82 Å². The van der Waals surface area contributed by atoms with E-state index in [0.717, 1.165) is 36.7 Å². The van der Waals surface area contributed by atoms with Crippen molar-refractivity contribution in [3.05, 3.63) is 30.3 Å². The molecule has 0 aliphatic carbocycles. The third-order valence-corrected chi connectivity index (χ3v) is 5.49. The first-order chi connectivity index (χ1) is 12.8. The zero-order chi connectivity index (χ0) is 17.9. The molecular formula is C20H28Cl2N4O2. The summed E-state index contributed by atoms with van der Waals surface area (Å²) in [6, 6.07) is 10.6. The van der Waals surface area contributed by atoms with Crippen LogP contribution in [0, 0.1) is 0 Å². The number of hydrogen-bond acceptors (Lipinski definition) is 6. The number of anilines is 1. The lowest BCUT2D eigenvalue weighted by atomic mass is 9.99. The van der Waals surface area contributed by atoms with Gasteiger partial charge in [-0.2, -0.15) is 0 Å². The van der Waals surface area contributed by atoms with E-state index in [4.69, 9.17) is 9.47 Å². The van der Waals surface area contributed by atoms with Crippen LogP contribution in [0.1, 0.15) is 19.3 Å². The molecule has 0 saturated carbocycles. The molecule has 0 amide bonds. The highest BCUT2D eigenvalue weighted by Crippen LogP contribution is 2.32. The fraction of sp³-hybridized carbons (Fsp3) is 0.500. The summed E-state index contributed by atoms with van der Waals surface area (Å²) in [7, 11) is 3.28. The molecule has 0 unspecified atom stereocenters. The van der Waals surface area contributed by atoms with Crippen LogP contribution in [0.2, 0.25) is 0 Å². The van der Waals surface area contributed by atoms with Crippen LogP contribution in [0.25, 0.3) is 11.3 Å². The molecule has 2 aliphatic rings. The molecule has 1 aromatic carbocycles. The molecule has 154 valence electrons. The van der Waals surface area contributed by atoms with Gasteiger partial charge in [-0.3, -0.25) is 4.90 Å². The highest BCUT2D eigenvalue weighted by molar-refractivity contribution is 5.85. The van der Waals surface area contributed by atoms with E-state index in [1.165, 1.54) is 25.8 Å². The number of piperazine rings is 1. The molecule has 3 heterocycles. The van der Waals surface area contributed by atoms with Gasteiger partial charge in [0.15, 0.2) is 17.3 Å². The van der Waals surface area contributed by atoms with Crippen molar-refractivity contribution in [2.75, 3.05) is 45.3 Å². The summed E-state index contributed by atoms with van der Waals surface area (Å²) < 4.78 is 10.7. The topological polar surface area (TPSA) is 50.7 Å². The summed E-state index contributed by atoms with van der Waals surface area (Å²) >= 11 is 0. The Balaban J connectivity index is 0.00000140. The largest absolute Gasteiger partial charge is 0.493 e. The van der Waals surface area contributed by atoms with Crippen LogP contribution >= 0.6 is 24.8 Å². The van der Waals surface area contributed by atoms with E-state index in [-0.39, 0.29) is 24.8 Å². The van der Waals surface area contributed by atoms with Crippen LogP contribution in [-0.2, 0) is 0 Å². The Morgan fingerprint density at radius 2 is 1.71 bits per heavy atom. The van der Waals surface area contributed by atoms with E-state index in [2.05, 4.69) is 26.1 Å². The highest BCUT2D eigenvalue weighted by Gasteiger charge is 2.29. The van der Waals surface area contributed by atoms with E-state index >= 15 is 0 Å². The maximum absolute atomic E-state index is 5.38. The van der Waals surface area contributed by atoms with Crippen molar-refractivity contribution in [1.82, 2.24) is 15.1 Å². The summed E-state index contributed by atoms with van der Waals surface area (Å²) in [5.74, 6) is 2.38. The second kappa shape index (κ2) is 10.1. The first kappa shape index (κ1) is 22.5. The standard InChI is InChI=1S/C20H26N4O2.2ClH/c1-25-18-8-6-15(13-19(18)26-2)17-7-9-20(22-21-17)24-12-11-23-10-4-3-5-16(23)14-24;;/h6-9,13,16H,3-5,10-12,14H2,1-2H3;2*1H/t16-;;/m1../s1. The smallest absolute Gasteiger partial charge is 0.161 e. The number of piperidine rings is 1. The predicted octanol–water partition coefficient (Wildman–Crippen LogP) is 3.68. The minimum absolute atomic E-state index is 0. The Labute approximate surface area is 179 Å². The summed E-state index contributed by atoms with van der Waals surface area (Å²) in [5.41, 5.74) is 1.81. The summed E-state index contributed by atoms with van der Waals surface area (Å²) in [6.45, 7) is 4.47. The maximum atomic E-state index is 5.38. The van der Waals surface area contributed by atoms with Gasteiger partial charge in [0.05, 0.1) is 19.9 Å². The molecule has 0 radical (unpaired) electrons. The van der Waals surface area contributed by atoms with E-state index in [0.29, 0.717) is 17.5 Å². The molecule has 0 bridgehead atoms. The van der Waals surface area contributed by atoms with Crippen LogP contribution in [0.3, 0.4) is 0 Å². The van der Waals surface area contributed by atoms with Gasteiger partial charge in [-0.1, -0.05) is 6.42 Å². The van der Waals surface area contributed by atoms with Gasteiger partial charge < -0.3 is 14.4 Å². The van der Waals surface area contributed by atoms with Gasteiger partial charge in [0.25, 0.3) is 0 Å².